The fourth-order valence-corrected chi connectivity index (χ4v) is 3.49. The van der Waals surface area contributed by atoms with Crippen molar-refractivity contribution >= 4 is 21.4 Å². The molecule has 3 heteroatoms. The van der Waals surface area contributed by atoms with Crippen molar-refractivity contribution in [2.45, 2.75) is 32.4 Å². The third-order valence-corrected chi connectivity index (χ3v) is 4.46. The Morgan fingerprint density at radius 3 is 2.67 bits per heavy atom. The second-order valence-corrected chi connectivity index (χ2v) is 6.25. The lowest BCUT2D eigenvalue weighted by Gasteiger charge is -2.13. The predicted molar refractivity (Wildman–Crippen MR) is 81.2 cm³/mol. The zero-order chi connectivity index (χ0) is 13.1. The Bertz CT molecular complexity index is 516. The monoisotopic (exact) mass is 262 g/mol. The van der Waals surface area contributed by atoms with Gasteiger partial charge in [0.25, 0.3) is 0 Å². The molecule has 0 amide bonds. The number of rotatable bonds is 5. The largest absolute Gasteiger partial charge is 0.327 e. The first-order valence-electron chi connectivity index (χ1n) is 6.51. The van der Waals surface area contributed by atoms with Crippen molar-refractivity contribution in [3.05, 3.63) is 34.7 Å². The summed E-state index contributed by atoms with van der Waals surface area (Å²) >= 11 is 1.90. The van der Waals surface area contributed by atoms with Gasteiger partial charge in [0.2, 0.25) is 0 Å². The molecule has 98 valence electrons. The maximum Gasteiger partial charge on any atom is 0.0349 e. The Kier molecular flexibility index (Phi) is 4.38. The number of hydrogen-bond acceptors (Lipinski definition) is 3. The van der Waals surface area contributed by atoms with Crippen LogP contribution in [0.1, 0.15) is 23.8 Å². The molecule has 0 aliphatic carbocycles. The van der Waals surface area contributed by atoms with Crippen LogP contribution in [0, 0.1) is 0 Å². The molecule has 2 nitrogen and oxygen atoms in total. The van der Waals surface area contributed by atoms with Gasteiger partial charge in [-0.25, -0.2) is 0 Å². The summed E-state index contributed by atoms with van der Waals surface area (Å²) in [7, 11) is 4.24. The zero-order valence-electron chi connectivity index (χ0n) is 11.4. The van der Waals surface area contributed by atoms with Gasteiger partial charge in [-0.3, -0.25) is 0 Å². The summed E-state index contributed by atoms with van der Waals surface area (Å²) in [5.74, 6) is 0. The second kappa shape index (κ2) is 5.83. The van der Waals surface area contributed by atoms with E-state index in [1.807, 2.05) is 11.3 Å². The number of nitrogens with two attached hydrogens (primary N) is 1. The minimum atomic E-state index is 0.277. The highest BCUT2D eigenvalue weighted by atomic mass is 32.1. The van der Waals surface area contributed by atoms with Crippen molar-refractivity contribution in [2.75, 3.05) is 14.1 Å². The van der Waals surface area contributed by atoms with Gasteiger partial charge < -0.3 is 10.6 Å². The van der Waals surface area contributed by atoms with Crippen molar-refractivity contribution in [2.24, 2.45) is 5.73 Å². The maximum atomic E-state index is 6.12. The molecule has 0 saturated heterocycles. The highest BCUT2D eigenvalue weighted by Crippen LogP contribution is 2.32. The van der Waals surface area contributed by atoms with E-state index in [0.29, 0.717) is 0 Å². The van der Waals surface area contributed by atoms with Crippen molar-refractivity contribution in [3.63, 3.8) is 0 Å². The lowest BCUT2D eigenvalue weighted by atomic mass is 10.0. The van der Waals surface area contributed by atoms with Crippen molar-refractivity contribution < 1.29 is 0 Å². The van der Waals surface area contributed by atoms with E-state index < -0.39 is 0 Å². The van der Waals surface area contributed by atoms with Crippen LogP contribution in [0.3, 0.4) is 0 Å². The quantitative estimate of drug-likeness (QED) is 0.896. The molecule has 0 radical (unpaired) electrons. The molecule has 0 fully saturated rings. The molecule has 1 aromatic heterocycles. The van der Waals surface area contributed by atoms with Crippen LogP contribution < -0.4 is 5.73 Å². The van der Waals surface area contributed by atoms with Crippen LogP contribution in [0.5, 0.6) is 0 Å². The molecular formula is C15H22N2S. The van der Waals surface area contributed by atoms with Gasteiger partial charge in [-0.1, -0.05) is 25.1 Å². The van der Waals surface area contributed by atoms with Crippen molar-refractivity contribution in [1.29, 1.82) is 0 Å². The van der Waals surface area contributed by atoms with E-state index in [1.54, 1.807) is 0 Å². The van der Waals surface area contributed by atoms with E-state index in [-0.39, 0.29) is 6.04 Å². The summed E-state index contributed by atoms with van der Waals surface area (Å²) in [6.07, 6.45) is 2.04. The molecular weight excluding hydrogens is 240 g/mol. The number of hydrogen-bond donors (Lipinski definition) is 1. The maximum absolute atomic E-state index is 6.12. The SMILES string of the molecule is CCC(N)Cc1sc2ccccc2c1CN(C)C. The van der Waals surface area contributed by atoms with Gasteiger partial charge in [-0.15, -0.1) is 11.3 Å². The van der Waals surface area contributed by atoms with Crippen LogP contribution in [-0.2, 0) is 13.0 Å². The smallest absolute Gasteiger partial charge is 0.0349 e. The van der Waals surface area contributed by atoms with Gasteiger partial charge in [0.1, 0.15) is 0 Å². The van der Waals surface area contributed by atoms with E-state index in [4.69, 9.17) is 5.73 Å². The topological polar surface area (TPSA) is 29.3 Å². The van der Waals surface area contributed by atoms with Crippen molar-refractivity contribution in [3.8, 4) is 0 Å². The fraction of sp³-hybridized carbons (Fsp3) is 0.467. The third-order valence-electron chi connectivity index (χ3n) is 3.23. The lowest BCUT2D eigenvalue weighted by molar-refractivity contribution is 0.403. The Morgan fingerprint density at radius 2 is 2.00 bits per heavy atom. The molecule has 0 bridgehead atoms. The molecule has 0 aliphatic rings. The summed E-state index contributed by atoms with van der Waals surface area (Å²) in [6, 6.07) is 8.95. The van der Waals surface area contributed by atoms with E-state index in [0.717, 1.165) is 19.4 Å². The predicted octanol–water partition coefficient (Wildman–Crippen LogP) is 3.24. The molecule has 1 unspecified atom stereocenters. The van der Waals surface area contributed by atoms with Crippen LogP contribution in [0.25, 0.3) is 10.1 Å². The molecule has 18 heavy (non-hydrogen) atoms. The van der Waals surface area contributed by atoms with Gasteiger partial charge in [0.15, 0.2) is 0 Å². The summed E-state index contributed by atoms with van der Waals surface area (Å²) in [6.45, 7) is 3.15. The van der Waals surface area contributed by atoms with Gasteiger partial charge >= 0.3 is 0 Å². The Labute approximate surface area is 113 Å². The number of fused-ring (bicyclic) bond motifs is 1. The molecule has 0 aliphatic heterocycles. The molecule has 1 heterocycles. The second-order valence-electron chi connectivity index (χ2n) is 5.11. The van der Waals surface area contributed by atoms with Gasteiger partial charge in [0, 0.05) is 22.2 Å². The van der Waals surface area contributed by atoms with E-state index in [2.05, 4.69) is 50.2 Å². The first-order chi connectivity index (χ1) is 8.61. The Morgan fingerprint density at radius 1 is 1.28 bits per heavy atom. The Hall–Kier alpha value is -0.900. The molecule has 2 aromatic rings. The number of thiophene rings is 1. The molecule has 1 aromatic carbocycles. The summed E-state index contributed by atoms with van der Waals surface area (Å²) in [5, 5.41) is 1.40. The zero-order valence-corrected chi connectivity index (χ0v) is 12.3. The molecule has 0 saturated carbocycles. The first-order valence-corrected chi connectivity index (χ1v) is 7.33. The number of nitrogens with zero attached hydrogens (tertiary/aromatic N) is 1. The number of benzene rings is 1. The van der Waals surface area contributed by atoms with Gasteiger partial charge in [-0.2, -0.15) is 0 Å². The highest BCUT2D eigenvalue weighted by molar-refractivity contribution is 7.19. The van der Waals surface area contributed by atoms with E-state index in [1.165, 1.54) is 20.5 Å². The van der Waals surface area contributed by atoms with Crippen LogP contribution in [0.15, 0.2) is 24.3 Å². The summed E-state index contributed by atoms with van der Waals surface area (Å²) in [5.41, 5.74) is 7.58. The first kappa shape index (κ1) is 13.5. The minimum Gasteiger partial charge on any atom is -0.327 e. The fourth-order valence-electron chi connectivity index (χ4n) is 2.19. The van der Waals surface area contributed by atoms with Crippen molar-refractivity contribution in [1.82, 2.24) is 4.90 Å². The van der Waals surface area contributed by atoms with E-state index in [9.17, 15) is 0 Å². The normalized spacial score (nSPS) is 13.4. The molecule has 2 rings (SSSR count). The van der Waals surface area contributed by atoms with Crippen LogP contribution in [0.4, 0.5) is 0 Å². The van der Waals surface area contributed by atoms with Crippen LogP contribution in [-0.4, -0.2) is 25.0 Å². The average Bonchev–Trinajstić information content (AvgIpc) is 2.67. The minimum absolute atomic E-state index is 0.277. The van der Waals surface area contributed by atoms with Gasteiger partial charge in [0.05, 0.1) is 0 Å². The molecule has 0 spiro atoms. The standard InChI is InChI=1S/C15H22N2S/c1-4-11(16)9-15-13(10-17(2)3)12-7-5-6-8-14(12)18-15/h5-8,11H,4,9-10,16H2,1-3H3. The van der Waals surface area contributed by atoms with Crippen LogP contribution >= 0.6 is 11.3 Å². The van der Waals surface area contributed by atoms with E-state index >= 15 is 0 Å². The Balaban J connectivity index is 2.43. The average molecular weight is 262 g/mol. The van der Waals surface area contributed by atoms with Crippen LogP contribution in [0.2, 0.25) is 0 Å². The van der Waals surface area contributed by atoms with Gasteiger partial charge in [-0.05, 0) is 44.0 Å². The summed E-state index contributed by atoms with van der Waals surface area (Å²) in [4.78, 5) is 3.69. The highest BCUT2D eigenvalue weighted by Gasteiger charge is 2.14. The summed E-state index contributed by atoms with van der Waals surface area (Å²) < 4.78 is 1.38. The third kappa shape index (κ3) is 2.91. The lowest BCUT2D eigenvalue weighted by Crippen LogP contribution is -2.22. The molecule has 2 N–H and O–H groups in total. The molecule has 1 atom stereocenters.